The third-order valence-corrected chi connectivity index (χ3v) is 6.63. The third kappa shape index (κ3) is 5.47. The molecule has 0 aliphatic carbocycles. The van der Waals surface area contributed by atoms with Crippen LogP contribution in [0.2, 0.25) is 0 Å². The normalized spacial score (nSPS) is 14.1. The van der Waals surface area contributed by atoms with Crippen LogP contribution in [0, 0.1) is 20.8 Å². The first-order chi connectivity index (χ1) is 16.4. The molecule has 0 spiro atoms. The zero-order valence-electron chi connectivity index (χ0n) is 20.2. The maximum absolute atomic E-state index is 12.8. The Hall–Kier alpha value is -3.61. The van der Waals surface area contributed by atoms with Gasteiger partial charge in [0.05, 0.1) is 12.2 Å². The molecule has 0 bridgehead atoms. The second-order valence-corrected chi connectivity index (χ2v) is 9.00. The lowest BCUT2D eigenvalue weighted by molar-refractivity contribution is 0.0917. The lowest BCUT2D eigenvalue weighted by Crippen LogP contribution is -2.49. The third-order valence-electron chi connectivity index (χ3n) is 6.63. The van der Waals surface area contributed by atoms with Crippen LogP contribution in [0.5, 0.6) is 0 Å². The van der Waals surface area contributed by atoms with E-state index in [9.17, 15) is 9.59 Å². The van der Waals surface area contributed by atoms with Gasteiger partial charge in [-0.1, -0.05) is 48.5 Å². The molecule has 1 saturated heterocycles. The summed E-state index contributed by atoms with van der Waals surface area (Å²) in [7, 11) is 0. The van der Waals surface area contributed by atoms with E-state index in [0.717, 1.165) is 35.4 Å². The second-order valence-electron chi connectivity index (χ2n) is 9.00. The summed E-state index contributed by atoms with van der Waals surface area (Å²) in [6.07, 6.45) is 1.50. The molecule has 4 rings (SSSR count). The number of carbonyl (C=O) groups is 2. The number of nitrogens with zero attached hydrogens (tertiary/aromatic N) is 3. The molecule has 0 unspecified atom stereocenters. The molecule has 7 heteroatoms. The van der Waals surface area contributed by atoms with E-state index in [2.05, 4.69) is 27.9 Å². The van der Waals surface area contributed by atoms with Crippen LogP contribution in [0.1, 0.15) is 51.3 Å². The van der Waals surface area contributed by atoms with Gasteiger partial charge in [0, 0.05) is 42.5 Å². The number of hydrogen-bond donors (Lipinski definition) is 2. The zero-order valence-corrected chi connectivity index (χ0v) is 20.2. The first-order valence-electron chi connectivity index (χ1n) is 11.9. The van der Waals surface area contributed by atoms with Gasteiger partial charge in [0.15, 0.2) is 0 Å². The van der Waals surface area contributed by atoms with Gasteiger partial charge in [0.2, 0.25) is 0 Å². The number of piperidine rings is 1. The summed E-state index contributed by atoms with van der Waals surface area (Å²) >= 11 is 0. The molecular formula is C27H33N5O2. The Morgan fingerprint density at radius 3 is 2.35 bits per heavy atom. The van der Waals surface area contributed by atoms with Crippen LogP contribution in [0.3, 0.4) is 0 Å². The van der Waals surface area contributed by atoms with Crippen molar-refractivity contribution in [1.29, 1.82) is 0 Å². The number of carbonyl (C=O) groups excluding carboxylic acids is 2. The molecule has 2 heterocycles. The summed E-state index contributed by atoms with van der Waals surface area (Å²) in [6.45, 7) is 8.38. The minimum atomic E-state index is -0.0710. The van der Waals surface area contributed by atoms with Gasteiger partial charge in [0.1, 0.15) is 0 Å². The molecule has 2 aromatic carbocycles. The maximum Gasteiger partial charge on any atom is 0.317 e. The molecule has 1 aliphatic heterocycles. The molecule has 0 atom stereocenters. The van der Waals surface area contributed by atoms with Gasteiger partial charge < -0.3 is 15.5 Å². The van der Waals surface area contributed by atoms with Crippen molar-refractivity contribution in [2.45, 2.75) is 52.7 Å². The standard InChI is InChI=1S/C27H33N5O2/c1-19-9-7-8-12-24(19)26(33)29-23-13-15-31(16-14-23)27(34)28-17-25-20(2)30-32(21(25)3)18-22-10-5-4-6-11-22/h4-12,23H,13-18H2,1-3H3,(H,28,34)(H,29,33). The number of rotatable bonds is 6. The van der Waals surface area contributed by atoms with Crippen LogP contribution in [-0.2, 0) is 13.1 Å². The smallest absolute Gasteiger partial charge is 0.317 e. The van der Waals surface area contributed by atoms with Crippen LogP contribution in [0.25, 0.3) is 0 Å². The molecule has 34 heavy (non-hydrogen) atoms. The number of likely N-dealkylation sites (tertiary alicyclic amines) is 1. The van der Waals surface area contributed by atoms with Crippen molar-refractivity contribution in [3.63, 3.8) is 0 Å². The average Bonchev–Trinajstić information content (AvgIpc) is 3.10. The highest BCUT2D eigenvalue weighted by Gasteiger charge is 2.25. The first-order valence-corrected chi connectivity index (χ1v) is 11.9. The second kappa shape index (κ2) is 10.5. The molecule has 3 amide bonds. The van der Waals surface area contributed by atoms with Crippen LogP contribution < -0.4 is 10.6 Å². The number of hydrogen-bond acceptors (Lipinski definition) is 3. The monoisotopic (exact) mass is 459 g/mol. The van der Waals surface area contributed by atoms with Gasteiger partial charge >= 0.3 is 6.03 Å². The van der Waals surface area contributed by atoms with Crippen LogP contribution >= 0.6 is 0 Å². The first kappa shape index (κ1) is 23.5. The number of aromatic nitrogens is 2. The summed E-state index contributed by atoms with van der Waals surface area (Å²) in [5.74, 6) is -0.0422. The molecule has 1 fully saturated rings. The van der Waals surface area contributed by atoms with Gasteiger partial charge in [0.25, 0.3) is 5.91 Å². The van der Waals surface area contributed by atoms with Crippen molar-refractivity contribution < 1.29 is 9.59 Å². The van der Waals surface area contributed by atoms with Crippen molar-refractivity contribution in [3.8, 4) is 0 Å². The summed E-state index contributed by atoms with van der Waals surface area (Å²) in [5.41, 5.74) is 5.94. The zero-order chi connectivity index (χ0) is 24.1. The minimum absolute atomic E-state index is 0.0422. The molecule has 1 aliphatic rings. The number of nitrogens with one attached hydrogen (secondary N) is 2. The molecule has 2 N–H and O–H groups in total. The Morgan fingerprint density at radius 2 is 1.65 bits per heavy atom. The van der Waals surface area contributed by atoms with Crippen molar-refractivity contribution >= 4 is 11.9 Å². The van der Waals surface area contributed by atoms with Crippen molar-refractivity contribution in [2.75, 3.05) is 13.1 Å². The molecule has 7 nitrogen and oxygen atoms in total. The van der Waals surface area contributed by atoms with E-state index in [-0.39, 0.29) is 18.0 Å². The molecule has 1 aromatic heterocycles. The van der Waals surface area contributed by atoms with E-state index in [4.69, 9.17) is 0 Å². The van der Waals surface area contributed by atoms with Crippen LogP contribution in [-0.4, -0.2) is 45.8 Å². The van der Waals surface area contributed by atoms with Gasteiger partial charge in [-0.05, 0) is 50.8 Å². The number of benzene rings is 2. The lowest BCUT2D eigenvalue weighted by Gasteiger charge is -2.32. The topological polar surface area (TPSA) is 79.3 Å². The summed E-state index contributed by atoms with van der Waals surface area (Å²) in [4.78, 5) is 27.2. The Morgan fingerprint density at radius 1 is 0.971 bits per heavy atom. The molecular weight excluding hydrogens is 426 g/mol. The van der Waals surface area contributed by atoms with Crippen molar-refractivity contribution in [2.24, 2.45) is 0 Å². The number of urea groups is 1. The minimum Gasteiger partial charge on any atom is -0.349 e. The average molecular weight is 460 g/mol. The van der Waals surface area contributed by atoms with Crippen LogP contribution in [0.15, 0.2) is 54.6 Å². The van der Waals surface area contributed by atoms with E-state index in [0.29, 0.717) is 31.7 Å². The largest absolute Gasteiger partial charge is 0.349 e. The molecule has 178 valence electrons. The van der Waals surface area contributed by atoms with Gasteiger partial charge in [-0.15, -0.1) is 0 Å². The predicted molar refractivity (Wildman–Crippen MR) is 133 cm³/mol. The Kier molecular flexibility index (Phi) is 7.30. The van der Waals surface area contributed by atoms with Gasteiger partial charge in [-0.25, -0.2) is 4.79 Å². The van der Waals surface area contributed by atoms with Crippen molar-refractivity contribution in [1.82, 2.24) is 25.3 Å². The highest BCUT2D eigenvalue weighted by atomic mass is 16.2. The maximum atomic E-state index is 12.8. The van der Waals surface area contributed by atoms with Gasteiger partial charge in [-0.3, -0.25) is 9.48 Å². The highest BCUT2D eigenvalue weighted by molar-refractivity contribution is 5.95. The molecule has 0 saturated carbocycles. The number of amides is 3. The van der Waals surface area contributed by atoms with Gasteiger partial charge in [-0.2, -0.15) is 5.10 Å². The molecule has 3 aromatic rings. The fourth-order valence-electron chi connectivity index (χ4n) is 4.49. The Labute approximate surface area is 201 Å². The number of aryl methyl sites for hydroxylation is 2. The Bertz CT molecular complexity index is 1150. The van der Waals surface area contributed by atoms with Crippen LogP contribution in [0.4, 0.5) is 4.79 Å². The fraction of sp³-hybridized carbons (Fsp3) is 0.370. The van der Waals surface area contributed by atoms with E-state index in [1.165, 1.54) is 5.56 Å². The predicted octanol–water partition coefficient (Wildman–Crippen LogP) is 3.96. The lowest BCUT2D eigenvalue weighted by atomic mass is 10.0. The Balaban J connectivity index is 1.27. The fourth-order valence-corrected chi connectivity index (χ4v) is 4.49. The summed E-state index contributed by atoms with van der Waals surface area (Å²) < 4.78 is 1.99. The van der Waals surface area contributed by atoms with Crippen molar-refractivity contribution in [3.05, 3.63) is 88.2 Å². The quantitative estimate of drug-likeness (QED) is 0.586. The van der Waals surface area contributed by atoms with E-state index >= 15 is 0 Å². The summed E-state index contributed by atoms with van der Waals surface area (Å²) in [6, 6.07) is 17.8. The summed E-state index contributed by atoms with van der Waals surface area (Å²) in [5, 5.41) is 10.9. The SMILES string of the molecule is Cc1ccccc1C(=O)NC1CCN(C(=O)NCc2c(C)nn(Cc3ccccc3)c2C)CC1. The highest BCUT2D eigenvalue weighted by Crippen LogP contribution is 2.16. The van der Waals surface area contributed by atoms with E-state index in [1.807, 2.05) is 72.8 Å². The van der Waals surface area contributed by atoms with E-state index < -0.39 is 0 Å². The van der Waals surface area contributed by atoms with E-state index in [1.54, 1.807) is 0 Å². The molecule has 0 radical (unpaired) electrons.